The predicted molar refractivity (Wildman–Crippen MR) is 75.1 cm³/mol. The molecule has 1 amide bonds. The molecule has 3 nitrogen and oxygen atoms in total. The topological polar surface area (TPSA) is 37.4 Å². The molecule has 5 heteroatoms. The Balaban J connectivity index is 2.07. The van der Waals surface area contributed by atoms with Crippen molar-refractivity contribution in [2.24, 2.45) is 5.92 Å². The van der Waals surface area contributed by atoms with E-state index in [1.54, 1.807) is 11.0 Å². The molecule has 0 spiro atoms. The number of amides is 1. The summed E-state index contributed by atoms with van der Waals surface area (Å²) in [5.41, 5.74) is 0.226. The maximum Gasteiger partial charge on any atom is 0.227 e. The van der Waals surface area contributed by atoms with Gasteiger partial charge in [0.2, 0.25) is 5.91 Å². The third-order valence-corrected chi connectivity index (χ3v) is 4.11. The van der Waals surface area contributed by atoms with Crippen LogP contribution in [0.5, 0.6) is 0 Å². The second-order valence-electron chi connectivity index (χ2n) is 5.04. The minimum absolute atomic E-state index is 0.0594. The Kier molecular flexibility index (Phi) is 4.76. The first kappa shape index (κ1) is 15.0. The first-order chi connectivity index (χ1) is 9.52. The summed E-state index contributed by atoms with van der Waals surface area (Å²) in [6.45, 7) is 2.78. The van der Waals surface area contributed by atoms with Crippen LogP contribution < -0.4 is 0 Å². The smallest absolute Gasteiger partial charge is 0.227 e. The second-order valence-corrected chi connectivity index (χ2v) is 5.45. The minimum atomic E-state index is -0.467. The molecule has 2 rings (SSSR count). The molecule has 1 saturated heterocycles. The van der Waals surface area contributed by atoms with Crippen molar-refractivity contribution in [2.45, 2.75) is 26.2 Å². The van der Waals surface area contributed by atoms with Crippen molar-refractivity contribution in [3.63, 3.8) is 0 Å². The van der Waals surface area contributed by atoms with Gasteiger partial charge in [0.25, 0.3) is 0 Å². The Morgan fingerprint density at radius 2 is 2.25 bits per heavy atom. The highest BCUT2D eigenvalue weighted by molar-refractivity contribution is 6.31. The number of ketones is 1. The summed E-state index contributed by atoms with van der Waals surface area (Å²) in [6.07, 6.45) is 1.05. The fourth-order valence-electron chi connectivity index (χ4n) is 2.46. The maximum absolute atomic E-state index is 13.7. The third kappa shape index (κ3) is 3.18. The molecule has 0 saturated carbocycles. The van der Waals surface area contributed by atoms with Crippen LogP contribution in [0.1, 0.15) is 25.3 Å². The van der Waals surface area contributed by atoms with Crippen LogP contribution in [0.25, 0.3) is 0 Å². The quantitative estimate of drug-likeness (QED) is 0.860. The van der Waals surface area contributed by atoms with Crippen LogP contribution in [0.15, 0.2) is 18.2 Å². The molecule has 1 fully saturated rings. The lowest BCUT2D eigenvalue weighted by Crippen LogP contribution is -2.44. The van der Waals surface area contributed by atoms with Crippen LogP contribution >= 0.6 is 11.6 Å². The average Bonchev–Trinajstić information content (AvgIpc) is 2.43. The van der Waals surface area contributed by atoms with Crippen LogP contribution in [-0.4, -0.2) is 29.7 Å². The van der Waals surface area contributed by atoms with E-state index in [4.69, 9.17) is 11.6 Å². The number of benzene rings is 1. The van der Waals surface area contributed by atoms with Gasteiger partial charge in [0.1, 0.15) is 11.6 Å². The summed E-state index contributed by atoms with van der Waals surface area (Å²) in [5, 5.41) is 0.262. The van der Waals surface area contributed by atoms with Gasteiger partial charge in [-0.25, -0.2) is 4.39 Å². The Labute approximate surface area is 122 Å². The lowest BCUT2D eigenvalue weighted by atomic mass is 9.93. The van der Waals surface area contributed by atoms with Gasteiger partial charge in [0.05, 0.1) is 6.42 Å². The molecule has 108 valence electrons. The Hall–Kier alpha value is -1.42. The lowest BCUT2D eigenvalue weighted by molar-refractivity contribution is -0.136. The molecule has 1 aromatic carbocycles. The average molecular weight is 298 g/mol. The highest BCUT2D eigenvalue weighted by Gasteiger charge is 2.29. The summed E-state index contributed by atoms with van der Waals surface area (Å²) >= 11 is 5.93. The molecule has 1 aliphatic rings. The number of carbonyl (C=O) groups excluding carboxylic acids is 2. The highest BCUT2D eigenvalue weighted by atomic mass is 35.5. The molecular weight excluding hydrogens is 281 g/mol. The summed E-state index contributed by atoms with van der Waals surface area (Å²) in [7, 11) is 0. The van der Waals surface area contributed by atoms with E-state index >= 15 is 0 Å². The van der Waals surface area contributed by atoms with E-state index in [0.717, 1.165) is 6.42 Å². The molecule has 1 unspecified atom stereocenters. The number of halogens is 2. The van der Waals surface area contributed by atoms with Crippen LogP contribution in [0, 0.1) is 11.7 Å². The number of rotatable bonds is 3. The summed E-state index contributed by atoms with van der Waals surface area (Å²) in [5.74, 6) is -0.529. The van der Waals surface area contributed by atoms with Gasteiger partial charge in [-0.1, -0.05) is 24.6 Å². The fraction of sp³-hybridized carbons (Fsp3) is 0.467. The van der Waals surface area contributed by atoms with Crippen molar-refractivity contribution in [1.29, 1.82) is 0 Å². The first-order valence-corrected chi connectivity index (χ1v) is 7.14. The number of Topliss-reactive ketones (excluding diaryl/α,β-unsaturated/α-hetero) is 1. The normalized spacial score (nSPS) is 19.2. The van der Waals surface area contributed by atoms with Gasteiger partial charge >= 0.3 is 0 Å². The van der Waals surface area contributed by atoms with Crippen LogP contribution in [0.2, 0.25) is 5.02 Å². The third-order valence-electron chi connectivity index (χ3n) is 3.76. The number of piperidine rings is 1. The van der Waals surface area contributed by atoms with Gasteiger partial charge in [0, 0.05) is 36.0 Å². The maximum atomic E-state index is 13.7. The lowest BCUT2D eigenvalue weighted by Gasteiger charge is -2.31. The minimum Gasteiger partial charge on any atom is -0.341 e. The number of nitrogens with zero attached hydrogens (tertiary/aromatic N) is 1. The molecule has 0 aliphatic carbocycles. The monoisotopic (exact) mass is 297 g/mol. The van der Waals surface area contributed by atoms with E-state index in [1.807, 2.05) is 6.92 Å². The number of carbonyl (C=O) groups is 2. The summed E-state index contributed by atoms with van der Waals surface area (Å²) < 4.78 is 13.7. The molecule has 1 aromatic rings. The molecule has 0 N–H and O–H groups in total. The number of hydrogen-bond donors (Lipinski definition) is 0. The van der Waals surface area contributed by atoms with Crippen molar-refractivity contribution in [3.05, 3.63) is 34.6 Å². The van der Waals surface area contributed by atoms with Gasteiger partial charge in [0.15, 0.2) is 0 Å². The molecule has 0 aromatic heterocycles. The fourth-order valence-corrected chi connectivity index (χ4v) is 2.69. The van der Waals surface area contributed by atoms with E-state index in [-0.39, 0.29) is 34.6 Å². The molecule has 1 heterocycles. The van der Waals surface area contributed by atoms with E-state index in [9.17, 15) is 14.0 Å². The predicted octanol–water partition coefficient (Wildman–Crippen LogP) is 2.85. The largest absolute Gasteiger partial charge is 0.341 e. The van der Waals surface area contributed by atoms with Crippen molar-refractivity contribution < 1.29 is 14.0 Å². The second kappa shape index (κ2) is 6.35. The highest BCUT2D eigenvalue weighted by Crippen LogP contribution is 2.22. The first-order valence-electron chi connectivity index (χ1n) is 6.76. The van der Waals surface area contributed by atoms with Crippen molar-refractivity contribution in [3.8, 4) is 0 Å². The molecule has 0 bridgehead atoms. The van der Waals surface area contributed by atoms with E-state index < -0.39 is 5.82 Å². The van der Waals surface area contributed by atoms with Crippen LogP contribution in [0.3, 0.4) is 0 Å². The van der Waals surface area contributed by atoms with Gasteiger partial charge in [-0.2, -0.15) is 0 Å². The van der Waals surface area contributed by atoms with Crippen molar-refractivity contribution in [1.82, 2.24) is 4.90 Å². The zero-order chi connectivity index (χ0) is 14.7. The molecule has 20 heavy (non-hydrogen) atoms. The standard InChI is InChI=1S/C15H17ClFNO2/c1-2-10-9-18(7-6-14(10)19)15(20)8-11-12(16)4-3-5-13(11)17/h3-5,10H,2,6-9H2,1H3. The van der Waals surface area contributed by atoms with Crippen LogP contribution in [-0.2, 0) is 16.0 Å². The van der Waals surface area contributed by atoms with Crippen molar-refractivity contribution >= 4 is 23.3 Å². The van der Waals surface area contributed by atoms with Gasteiger partial charge in [-0.15, -0.1) is 0 Å². The Morgan fingerprint density at radius 3 is 2.90 bits per heavy atom. The summed E-state index contributed by atoms with van der Waals surface area (Å²) in [6, 6.07) is 4.38. The van der Waals surface area contributed by atoms with Gasteiger partial charge in [-0.3, -0.25) is 9.59 Å². The van der Waals surface area contributed by atoms with E-state index in [1.165, 1.54) is 12.1 Å². The Morgan fingerprint density at radius 1 is 1.50 bits per heavy atom. The zero-order valence-electron chi connectivity index (χ0n) is 11.4. The number of hydrogen-bond acceptors (Lipinski definition) is 2. The summed E-state index contributed by atoms with van der Waals surface area (Å²) in [4.78, 5) is 25.5. The zero-order valence-corrected chi connectivity index (χ0v) is 12.1. The van der Waals surface area contributed by atoms with E-state index in [2.05, 4.69) is 0 Å². The molecular formula is C15H17ClFNO2. The van der Waals surface area contributed by atoms with E-state index in [0.29, 0.717) is 19.5 Å². The SMILES string of the molecule is CCC1CN(C(=O)Cc2c(F)cccc2Cl)CCC1=O. The van der Waals surface area contributed by atoms with Gasteiger partial charge < -0.3 is 4.90 Å². The Bertz CT molecular complexity index is 512. The number of likely N-dealkylation sites (tertiary alicyclic amines) is 1. The molecule has 1 aliphatic heterocycles. The van der Waals surface area contributed by atoms with Crippen molar-refractivity contribution in [2.75, 3.05) is 13.1 Å². The molecule has 0 radical (unpaired) electrons. The molecule has 1 atom stereocenters. The van der Waals surface area contributed by atoms with Crippen LogP contribution in [0.4, 0.5) is 4.39 Å². The van der Waals surface area contributed by atoms with Gasteiger partial charge in [-0.05, 0) is 18.6 Å².